The van der Waals surface area contributed by atoms with E-state index in [0.29, 0.717) is 0 Å². The second kappa shape index (κ2) is 4.38. The van der Waals surface area contributed by atoms with Crippen molar-refractivity contribution in [2.24, 2.45) is 0 Å². The van der Waals surface area contributed by atoms with E-state index >= 15 is 0 Å². The highest BCUT2D eigenvalue weighted by atomic mass is 127. The number of aromatic amines is 1. The maximum Gasteiger partial charge on any atom is 0.574 e. The van der Waals surface area contributed by atoms with Crippen LogP contribution in [-0.4, -0.2) is 11.3 Å². The van der Waals surface area contributed by atoms with Crippen molar-refractivity contribution in [3.8, 4) is 5.88 Å². The molecule has 0 unspecified atom stereocenters. The number of pyridine rings is 1. The minimum Gasteiger partial charge on any atom is -0.389 e. The van der Waals surface area contributed by atoms with Crippen LogP contribution in [0.1, 0.15) is 5.69 Å². The van der Waals surface area contributed by atoms with Crippen molar-refractivity contribution in [3.63, 3.8) is 0 Å². The molecule has 0 spiro atoms. The fourth-order valence-electron chi connectivity index (χ4n) is 0.858. The van der Waals surface area contributed by atoms with Crippen LogP contribution in [0.4, 0.5) is 26.3 Å². The van der Waals surface area contributed by atoms with E-state index in [2.05, 4.69) is 4.74 Å². The molecule has 1 heterocycles. The average molecular weight is 373 g/mol. The molecule has 1 aromatic heterocycles. The predicted octanol–water partition coefficient (Wildman–Crippen LogP) is 2.90. The first-order valence-corrected chi connectivity index (χ1v) is 4.84. The number of halogens is 7. The molecule has 0 fully saturated rings. The molecule has 0 saturated carbocycles. The molecule has 0 aliphatic rings. The van der Waals surface area contributed by atoms with Gasteiger partial charge in [-0.1, -0.05) is 0 Å². The van der Waals surface area contributed by atoms with Gasteiger partial charge in [-0.2, -0.15) is 13.2 Å². The fourth-order valence-corrected chi connectivity index (χ4v) is 1.26. The van der Waals surface area contributed by atoms with E-state index in [-0.39, 0.29) is 6.07 Å². The van der Waals surface area contributed by atoms with Crippen molar-refractivity contribution < 1.29 is 31.1 Å². The molecule has 0 radical (unpaired) electrons. The number of rotatable bonds is 1. The third-order valence-corrected chi connectivity index (χ3v) is 2.48. The summed E-state index contributed by atoms with van der Waals surface area (Å²) in [6, 6.07) is 0.158. The minimum atomic E-state index is -5.19. The Hall–Kier alpha value is -0.940. The summed E-state index contributed by atoms with van der Waals surface area (Å²) in [6.45, 7) is 0. The van der Waals surface area contributed by atoms with Gasteiger partial charge in [0.2, 0.25) is 5.88 Å². The SMILES string of the molecule is O=c1cc(C(F)(F)F)[nH]c(OC(F)(F)F)c1I. The highest BCUT2D eigenvalue weighted by Gasteiger charge is 2.36. The smallest absolute Gasteiger partial charge is 0.389 e. The summed E-state index contributed by atoms with van der Waals surface area (Å²) in [5.41, 5.74) is -2.82. The van der Waals surface area contributed by atoms with E-state index < -0.39 is 33.1 Å². The Balaban J connectivity index is 3.31. The fraction of sp³-hybridized carbons (Fsp3) is 0.286. The van der Waals surface area contributed by atoms with Crippen LogP contribution >= 0.6 is 22.6 Å². The van der Waals surface area contributed by atoms with Crippen molar-refractivity contribution >= 4 is 22.6 Å². The average Bonchev–Trinajstić information content (AvgIpc) is 2.08. The molecular formula is C7H2F6INO2. The number of ether oxygens (including phenoxy) is 1. The Kier molecular flexibility index (Phi) is 3.64. The number of aromatic nitrogens is 1. The van der Waals surface area contributed by atoms with Crippen molar-refractivity contribution in [1.82, 2.24) is 4.98 Å². The molecule has 1 rings (SSSR count). The molecule has 0 saturated heterocycles. The van der Waals surface area contributed by atoms with Gasteiger partial charge in [-0.25, -0.2) is 0 Å². The van der Waals surface area contributed by atoms with E-state index in [1.54, 1.807) is 0 Å². The van der Waals surface area contributed by atoms with Crippen LogP contribution in [0, 0.1) is 3.57 Å². The lowest BCUT2D eigenvalue weighted by atomic mass is 10.3. The van der Waals surface area contributed by atoms with Crippen LogP contribution in [0.5, 0.6) is 5.88 Å². The van der Waals surface area contributed by atoms with Gasteiger partial charge in [0.05, 0.1) is 0 Å². The van der Waals surface area contributed by atoms with E-state index in [9.17, 15) is 31.1 Å². The first-order chi connectivity index (χ1) is 7.50. The van der Waals surface area contributed by atoms with Crippen LogP contribution in [0.2, 0.25) is 0 Å². The molecular weight excluding hydrogens is 371 g/mol. The summed E-state index contributed by atoms with van der Waals surface area (Å²) >= 11 is 1.15. The lowest BCUT2D eigenvalue weighted by molar-refractivity contribution is -0.276. The standard InChI is InChI=1S/C7H2F6INO2/c8-6(9,10)3-1-2(16)4(14)5(15-3)17-7(11,12)13/h1H,(H,15,16). The maximum atomic E-state index is 12.2. The van der Waals surface area contributed by atoms with Crippen molar-refractivity contribution in [3.05, 3.63) is 25.6 Å². The van der Waals surface area contributed by atoms with Crippen LogP contribution in [0.15, 0.2) is 10.9 Å². The molecule has 10 heteroatoms. The predicted molar refractivity (Wildman–Crippen MR) is 51.5 cm³/mol. The van der Waals surface area contributed by atoms with Gasteiger partial charge >= 0.3 is 12.5 Å². The van der Waals surface area contributed by atoms with Gasteiger partial charge in [-0.15, -0.1) is 13.2 Å². The van der Waals surface area contributed by atoms with Gasteiger partial charge in [-0.3, -0.25) is 4.79 Å². The van der Waals surface area contributed by atoms with Crippen molar-refractivity contribution in [2.75, 3.05) is 0 Å². The highest BCUT2D eigenvalue weighted by Crippen LogP contribution is 2.30. The van der Waals surface area contributed by atoms with Crippen LogP contribution < -0.4 is 10.2 Å². The summed E-state index contributed by atoms with van der Waals surface area (Å²) in [5, 5.41) is 0. The molecule has 0 aliphatic carbocycles. The van der Waals surface area contributed by atoms with E-state index in [1.807, 2.05) is 0 Å². The Morgan fingerprint density at radius 3 is 2.12 bits per heavy atom. The zero-order chi connectivity index (χ0) is 13.4. The summed E-state index contributed by atoms with van der Waals surface area (Å²) in [7, 11) is 0. The number of hydrogen-bond donors (Lipinski definition) is 1. The molecule has 0 aliphatic heterocycles. The summed E-state index contributed by atoms with van der Waals surface area (Å²) < 4.78 is 74.8. The normalized spacial score (nSPS) is 12.6. The zero-order valence-electron chi connectivity index (χ0n) is 7.54. The van der Waals surface area contributed by atoms with Crippen LogP contribution in [-0.2, 0) is 6.18 Å². The molecule has 17 heavy (non-hydrogen) atoms. The molecule has 96 valence electrons. The first kappa shape index (κ1) is 14.1. The molecule has 3 nitrogen and oxygen atoms in total. The number of hydrogen-bond acceptors (Lipinski definition) is 2. The Bertz CT molecular complexity index is 477. The van der Waals surface area contributed by atoms with Crippen LogP contribution in [0.25, 0.3) is 0 Å². The molecule has 1 N–H and O–H groups in total. The Morgan fingerprint density at radius 2 is 1.71 bits per heavy atom. The van der Waals surface area contributed by atoms with Gasteiger partial charge in [0.25, 0.3) is 0 Å². The molecule has 0 amide bonds. The van der Waals surface area contributed by atoms with Gasteiger partial charge in [-0.05, 0) is 22.6 Å². The Morgan fingerprint density at radius 1 is 1.18 bits per heavy atom. The number of H-pyrrole nitrogens is 1. The maximum absolute atomic E-state index is 12.2. The molecule has 0 atom stereocenters. The molecule has 1 aromatic rings. The van der Waals surface area contributed by atoms with Gasteiger partial charge < -0.3 is 9.72 Å². The second-order valence-electron chi connectivity index (χ2n) is 2.74. The van der Waals surface area contributed by atoms with E-state index in [1.165, 1.54) is 4.98 Å². The van der Waals surface area contributed by atoms with E-state index in [0.717, 1.165) is 22.6 Å². The highest BCUT2D eigenvalue weighted by molar-refractivity contribution is 14.1. The van der Waals surface area contributed by atoms with Crippen LogP contribution in [0.3, 0.4) is 0 Å². The van der Waals surface area contributed by atoms with Crippen molar-refractivity contribution in [1.29, 1.82) is 0 Å². The largest absolute Gasteiger partial charge is 0.574 e. The number of alkyl halides is 6. The summed E-state index contributed by atoms with van der Waals surface area (Å²) in [5.74, 6) is -1.28. The zero-order valence-corrected chi connectivity index (χ0v) is 9.70. The van der Waals surface area contributed by atoms with E-state index in [4.69, 9.17) is 0 Å². The topological polar surface area (TPSA) is 42.1 Å². The lowest BCUT2D eigenvalue weighted by Gasteiger charge is -2.13. The molecule has 0 bridgehead atoms. The monoisotopic (exact) mass is 373 g/mol. The summed E-state index contributed by atoms with van der Waals surface area (Å²) in [6.07, 6.45) is -10.2. The minimum absolute atomic E-state index is 0.158. The van der Waals surface area contributed by atoms with Crippen molar-refractivity contribution in [2.45, 2.75) is 12.5 Å². The third-order valence-electron chi connectivity index (χ3n) is 1.46. The third kappa shape index (κ3) is 3.78. The quantitative estimate of drug-likeness (QED) is 0.608. The summed E-state index contributed by atoms with van der Waals surface area (Å²) in [4.78, 5) is 12.4. The second-order valence-corrected chi connectivity index (χ2v) is 3.81. The Labute approximate surface area is 103 Å². The van der Waals surface area contributed by atoms with Gasteiger partial charge in [0, 0.05) is 6.07 Å². The van der Waals surface area contributed by atoms with Gasteiger partial charge in [0.1, 0.15) is 9.26 Å². The van der Waals surface area contributed by atoms with Gasteiger partial charge in [0.15, 0.2) is 5.43 Å². The molecule has 0 aromatic carbocycles. The number of nitrogens with one attached hydrogen (secondary N) is 1. The lowest BCUT2D eigenvalue weighted by Crippen LogP contribution is -2.23. The first-order valence-electron chi connectivity index (χ1n) is 3.76.